The maximum atomic E-state index is 13.3. The van der Waals surface area contributed by atoms with Crippen LogP contribution in [0.4, 0.5) is 15.9 Å². The van der Waals surface area contributed by atoms with Gasteiger partial charge in [-0.25, -0.2) is 14.4 Å². The molecule has 0 spiro atoms. The summed E-state index contributed by atoms with van der Waals surface area (Å²) in [7, 11) is 0. The molecule has 1 aromatic carbocycles. The van der Waals surface area contributed by atoms with Gasteiger partial charge in [0.05, 0.1) is 35.7 Å². The lowest BCUT2D eigenvalue weighted by atomic mass is 10.1. The monoisotopic (exact) mass is 428 g/mol. The van der Waals surface area contributed by atoms with E-state index in [1.165, 1.54) is 36.8 Å². The van der Waals surface area contributed by atoms with Crippen LogP contribution in [-0.2, 0) is 6.42 Å². The van der Waals surface area contributed by atoms with E-state index in [2.05, 4.69) is 25.5 Å². The van der Waals surface area contributed by atoms with Crippen LogP contribution in [0.2, 0.25) is 5.02 Å². The quantitative estimate of drug-likeness (QED) is 0.644. The lowest BCUT2D eigenvalue weighted by Crippen LogP contribution is -2.54. The van der Waals surface area contributed by atoms with E-state index in [0.717, 1.165) is 5.69 Å². The first-order chi connectivity index (χ1) is 14.5. The van der Waals surface area contributed by atoms with Crippen LogP contribution in [0.1, 0.15) is 23.1 Å². The molecule has 4 rings (SSSR count). The van der Waals surface area contributed by atoms with Crippen LogP contribution in [-0.4, -0.2) is 45.3 Å². The molecule has 0 aliphatic carbocycles. The summed E-state index contributed by atoms with van der Waals surface area (Å²) in [6, 6.07) is 5.99. The van der Waals surface area contributed by atoms with Crippen molar-refractivity contribution in [2.45, 2.75) is 19.4 Å². The Kier molecular flexibility index (Phi) is 5.71. The van der Waals surface area contributed by atoms with E-state index in [-0.39, 0.29) is 22.7 Å². The molecule has 0 atom stereocenters. The molecule has 1 aliphatic rings. The SMILES string of the molecule is CCc1cc(NC(=O)c2nccnc2N2CC(Oc3ccc(F)c(Cl)c3)C2)cnn1. The number of rotatable bonds is 6. The zero-order chi connectivity index (χ0) is 21.1. The minimum Gasteiger partial charge on any atom is -0.487 e. The highest BCUT2D eigenvalue weighted by Crippen LogP contribution is 2.27. The molecule has 30 heavy (non-hydrogen) atoms. The highest BCUT2D eigenvalue weighted by molar-refractivity contribution is 6.30. The van der Waals surface area contributed by atoms with E-state index in [1.807, 2.05) is 11.8 Å². The van der Waals surface area contributed by atoms with Gasteiger partial charge in [-0.1, -0.05) is 18.5 Å². The molecule has 10 heteroatoms. The fourth-order valence-electron chi connectivity index (χ4n) is 2.99. The molecule has 0 unspecified atom stereocenters. The minimum absolute atomic E-state index is 0.00777. The van der Waals surface area contributed by atoms with E-state index in [0.29, 0.717) is 36.8 Å². The second-order valence-corrected chi connectivity index (χ2v) is 7.10. The van der Waals surface area contributed by atoms with Gasteiger partial charge in [0.1, 0.15) is 17.7 Å². The number of carbonyl (C=O) groups excluding carboxylic acids is 1. The van der Waals surface area contributed by atoms with Crippen molar-refractivity contribution in [3.05, 3.63) is 65.1 Å². The number of nitrogens with one attached hydrogen (secondary N) is 1. The summed E-state index contributed by atoms with van der Waals surface area (Å²) in [4.78, 5) is 23.2. The zero-order valence-corrected chi connectivity index (χ0v) is 16.8. The topological polar surface area (TPSA) is 93.1 Å². The van der Waals surface area contributed by atoms with Gasteiger partial charge in [0, 0.05) is 18.5 Å². The van der Waals surface area contributed by atoms with Crippen LogP contribution in [0.15, 0.2) is 42.9 Å². The Labute approximate surface area is 177 Å². The van der Waals surface area contributed by atoms with Crippen molar-refractivity contribution in [1.82, 2.24) is 20.2 Å². The summed E-state index contributed by atoms with van der Waals surface area (Å²) in [5.74, 6) is 0.0672. The molecule has 2 aromatic heterocycles. The average Bonchev–Trinajstić information content (AvgIpc) is 2.73. The third kappa shape index (κ3) is 4.30. The fourth-order valence-corrected chi connectivity index (χ4v) is 3.16. The number of halogens is 2. The highest BCUT2D eigenvalue weighted by Gasteiger charge is 2.33. The Morgan fingerprint density at radius 3 is 2.87 bits per heavy atom. The minimum atomic E-state index is -0.495. The largest absolute Gasteiger partial charge is 0.487 e. The molecule has 3 aromatic rings. The second kappa shape index (κ2) is 8.58. The summed E-state index contributed by atoms with van der Waals surface area (Å²) in [5, 5.41) is 10.7. The van der Waals surface area contributed by atoms with E-state index in [1.54, 1.807) is 6.07 Å². The lowest BCUT2D eigenvalue weighted by molar-refractivity contribution is 0.102. The third-order valence-electron chi connectivity index (χ3n) is 4.56. The summed E-state index contributed by atoms with van der Waals surface area (Å²) >= 11 is 5.79. The van der Waals surface area contributed by atoms with Crippen molar-refractivity contribution in [2.24, 2.45) is 0 Å². The summed E-state index contributed by atoms with van der Waals surface area (Å²) in [5.41, 5.74) is 1.52. The predicted octanol–water partition coefficient (Wildman–Crippen LogP) is 3.14. The van der Waals surface area contributed by atoms with Gasteiger partial charge in [-0.2, -0.15) is 10.2 Å². The zero-order valence-electron chi connectivity index (χ0n) is 16.0. The summed E-state index contributed by atoms with van der Waals surface area (Å²) in [6.45, 7) is 2.97. The number of amides is 1. The third-order valence-corrected chi connectivity index (χ3v) is 4.85. The van der Waals surface area contributed by atoms with E-state index in [4.69, 9.17) is 16.3 Å². The first-order valence-corrected chi connectivity index (χ1v) is 9.72. The van der Waals surface area contributed by atoms with Crippen molar-refractivity contribution in [3.63, 3.8) is 0 Å². The van der Waals surface area contributed by atoms with Crippen LogP contribution in [0.5, 0.6) is 5.75 Å². The number of hydrogen-bond acceptors (Lipinski definition) is 7. The van der Waals surface area contributed by atoms with Gasteiger partial charge in [-0.15, -0.1) is 0 Å². The van der Waals surface area contributed by atoms with Crippen molar-refractivity contribution in [3.8, 4) is 5.75 Å². The number of ether oxygens (including phenoxy) is 1. The molecule has 0 saturated carbocycles. The molecular weight excluding hydrogens is 411 g/mol. The maximum absolute atomic E-state index is 13.3. The number of nitrogens with zero attached hydrogens (tertiary/aromatic N) is 5. The molecule has 0 radical (unpaired) electrons. The smallest absolute Gasteiger partial charge is 0.278 e. The van der Waals surface area contributed by atoms with E-state index < -0.39 is 5.82 Å². The standard InChI is InChI=1S/C20H18ClFN6O2/c1-2-12-7-13(9-25-27-12)26-20(29)18-19(24-6-5-23-18)28-10-15(11-28)30-14-3-4-17(22)16(21)8-14/h3-9,15H,2,10-11H2,1H3,(H,26,27,29). The van der Waals surface area contributed by atoms with Gasteiger partial charge < -0.3 is 15.0 Å². The first-order valence-electron chi connectivity index (χ1n) is 9.34. The summed E-state index contributed by atoms with van der Waals surface area (Å²) < 4.78 is 19.1. The molecule has 8 nitrogen and oxygen atoms in total. The fraction of sp³-hybridized carbons (Fsp3) is 0.250. The second-order valence-electron chi connectivity index (χ2n) is 6.69. The van der Waals surface area contributed by atoms with Crippen LogP contribution < -0.4 is 15.0 Å². The number of carbonyl (C=O) groups is 1. The molecule has 1 saturated heterocycles. The highest BCUT2D eigenvalue weighted by atomic mass is 35.5. The Balaban J connectivity index is 1.42. The Bertz CT molecular complexity index is 1080. The normalized spacial score (nSPS) is 13.6. The number of aromatic nitrogens is 4. The van der Waals surface area contributed by atoms with Gasteiger partial charge in [-0.3, -0.25) is 4.79 Å². The van der Waals surface area contributed by atoms with Crippen molar-refractivity contribution < 1.29 is 13.9 Å². The molecule has 1 amide bonds. The van der Waals surface area contributed by atoms with Crippen molar-refractivity contribution >= 4 is 29.0 Å². The Morgan fingerprint density at radius 2 is 2.10 bits per heavy atom. The van der Waals surface area contributed by atoms with Crippen LogP contribution in [0.25, 0.3) is 0 Å². The van der Waals surface area contributed by atoms with E-state index in [9.17, 15) is 9.18 Å². The average molecular weight is 429 g/mol. The van der Waals surface area contributed by atoms with Crippen LogP contribution in [0.3, 0.4) is 0 Å². The molecule has 1 fully saturated rings. The predicted molar refractivity (Wildman–Crippen MR) is 109 cm³/mol. The van der Waals surface area contributed by atoms with E-state index >= 15 is 0 Å². The van der Waals surface area contributed by atoms with Crippen molar-refractivity contribution in [1.29, 1.82) is 0 Å². The number of aryl methyl sites for hydroxylation is 1. The van der Waals surface area contributed by atoms with Gasteiger partial charge in [0.25, 0.3) is 5.91 Å². The summed E-state index contributed by atoms with van der Waals surface area (Å²) in [6.07, 6.45) is 5.05. The molecule has 154 valence electrons. The Morgan fingerprint density at radius 1 is 1.30 bits per heavy atom. The maximum Gasteiger partial charge on any atom is 0.278 e. The molecule has 3 heterocycles. The van der Waals surface area contributed by atoms with Crippen molar-refractivity contribution in [2.75, 3.05) is 23.3 Å². The first kappa shape index (κ1) is 20.0. The number of anilines is 2. The Hall–Kier alpha value is -3.33. The van der Waals surface area contributed by atoms with Crippen LogP contribution in [0, 0.1) is 5.82 Å². The van der Waals surface area contributed by atoms with Gasteiger partial charge >= 0.3 is 0 Å². The van der Waals surface area contributed by atoms with Crippen LogP contribution >= 0.6 is 11.6 Å². The van der Waals surface area contributed by atoms with Gasteiger partial charge in [0.2, 0.25) is 0 Å². The molecule has 1 N–H and O–H groups in total. The molecular formula is C20H18ClFN6O2. The number of benzene rings is 1. The molecule has 1 aliphatic heterocycles. The molecule has 0 bridgehead atoms. The lowest BCUT2D eigenvalue weighted by Gasteiger charge is -2.40. The number of hydrogen-bond donors (Lipinski definition) is 1. The van der Waals surface area contributed by atoms with Gasteiger partial charge in [0.15, 0.2) is 11.5 Å². The van der Waals surface area contributed by atoms with Gasteiger partial charge in [-0.05, 0) is 24.6 Å².